The molecular formula is C14H20O2. The predicted octanol–water partition coefficient (Wildman–Crippen LogP) is 2.60. The average Bonchev–Trinajstić information content (AvgIpc) is 3.05. The first-order valence-corrected chi connectivity index (χ1v) is 5.90. The van der Waals surface area contributed by atoms with Gasteiger partial charge in [0.1, 0.15) is 5.75 Å². The second-order valence-electron chi connectivity index (χ2n) is 5.01. The number of rotatable bonds is 4. The molecule has 0 radical (unpaired) electrons. The number of hydrogen-bond acceptors (Lipinski definition) is 2. The monoisotopic (exact) mass is 220 g/mol. The molecule has 2 unspecified atom stereocenters. The number of methoxy groups -OCH3 is 1. The van der Waals surface area contributed by atoms with E-state index in [1.165, 1.54) is 5.56 Å². The number of hydrogen-bond donors (Lipinski definition) is 1. The smallest absolute Gasteiger partial charge is 0.118 e. The topological polar surface area (TPSA) is 29.5 Å². The quantitative estimate of drug-likeness (QED) is 0.845. The lowest BCUT2D eigenvalue weighted by molar-refractivity contribution is 0.252. The van der Waals surface area contributed by atoms with E-state index in [0.717, 1.165) is 12.2 Å². The van der Waals surface area contributed by atoms with Crippen molar-refractivity contribution in [1.82, 2.24) is 0 Å². The molecule has 2 rings (SSSR count). The lowest BCUT2D eigenvalue weighted by Crippen LogP contribution is -2.19. The Morgan fingerprint density at radius 2 is 2.00 bits per heavy atom. The molecule has 2 atom stereocenters. The highest BCUT2D eigenvalue weighted by Gasteiger charge is 2.56. The van der Waals surface area contributed by atoms with E-state index in [0.29, 0.717) is 18.4 Å². The van der Waals surface area contributed by atoms with E-state index in [9.17, 15) is 5.11 Å². The maximum Gasteiger partial charge on any atom is 0.118 e. The summed E-state index contributed by atoms with van der Waals surface area (Å²) in [5.41, 5.74) is 1.53. The first-order valence-electron chi connectivity index (χ1n) is 5.90. The minimum Gasteiger partial charge on any atom is -0.497 e. The molecule has 0 saturated heterocycles. The van der Waals surface area contributed by atoms with Gasteiger partial charge >= 0.3 is 0 Å². The average molecular weight is 220 g/mol. The lowest BCUT2D eigenvalue weighted by atomic mass is 9.83. The van der Waals surface area contributed by atoms with Crippen LogP contribution in [-0.4, -0.2) is 18.8 Å². The Kier molecular flexibility index (Phi) is 2.94. The van der Waals surface area contributed by atoms with Gasteiger partial charge in [-0.25, -0.2) is 0 Å². The van der Waals surface area contributed by atoms with Crippen LogP contribution in [0.2, 0.25) is 0 Å². The van der Waals surface area contributed by atoms with Gasteiger partial charge in [-0.1, -0.05) is 26.0 Å². The van der Waals surface area contributed by atoms with E-state index in [2.05, 4.69) is 26.0 Å². The molecule has 0 amide bonds. The van der Waals surface area contributed by atoms with Crippen LogP contribution in [0.25, 0.3) is 0 Å². The van der Waals surface area contributed by atoms with E-state index >= 15 is 0 Å². The predicted molar refractivity (Wildman–Crippen MR) is 64.7 cm³/mol. The van der Waals surface area contributed by atoms with Crippen molar-refractivity contribution in [3.63, 3.8) is 0 Å². The number of aliphatic hydroxyl groups is 1. The van der Waals surface area contributed by atoms with Crippen molar-refractivity contribution in [1.29, 1.82) is 0 Å². The van der Waals surface area contributed by atoms with E-state index < -0.39 is 0 Å². The molecule has 1 aromatic carbocycles. The summed E-state index contributed by atoms with van der Waals surface area (Å²) >= 11 is 0. The summed E-state index contributed by atoms with van der Waals surface area (Å²) in [6, 6.07) is 8.28. The zero-order valence-electron chi connectivity index (χ0n) is 10.2. The Balaban J connectivity index is 2.28. The van der Waals surface area contributed by atoms with Crippen LogP contribution in [0.5, 0.6) is 5.75 Å². The van der Waals surface area contributed by atoms with Crippen LogP contribution in [0.4, 0.5) is 0 Å². The van der Waals surface area contributed by atoms with Gasteiger partial charge in [0.15, 0.2) is 0 Å². The molecule has 1 aliphatic carbocycles. The molecular weight excluding hydrogens is 200 g/mol. The minimum atomic E-state index is 0.195. The van der Waals surface area contributed by atoms with Crippen LogP contribution in [0, 0.1) is 11.8 Å². The third-order valence-corrected chi connectivity index (χ3v) is 4.03. The molecule has 0 spiro atoms. The van der Waals surface area contributed by atoms with Crippen LogP contribution >= 0.6 is 0 Å². The Morgan fingerprint density at radius 3 is 2.38 bits per heavy atom. The molecule has 0 heterocycles. The standard InChI is InChI=1S/C14H20O2/c1-10(2)14(8-12(14)9-15)11-4-6-13(16-3)7-5-11/h4-7,10,12,15H,8-9H2,1-3H3. The fraction of sp³-hybridized carbons (Fsp3) is 0.571. The second-order valence-corrected chi connectivity index (χ2v) is 5.01. The summed E-state index contributed by atoms with van der Waals surface area (Å²) in [5.74, 6) is 1.89. The van der Waals surface area contributed by atoms with Gasteiger partial charge in [-0.15, -0.1) is 0 Å². The summed E-state index contributed by atoms with van der Waals surface area (Å²) in [7, 11) is 1.68. The van der Waals surface area contributed by atoms with Gasteiger partial charge in [0.25, 0.3) is 0 Å². The number of aliphatic hydroxyl groups excluding tert-OH is 1. The molecule has 88 valence electrons. The van der Waals surface area contributed by atoms with Crippen molar-refractivity contribution >= 4 is 0 Å². The first-order chi connectivity index (χ1) is 7.65. The Hall–Kier alpha value is -1.02. The second kappa shape index (κ2) is 4.10. The van der Waals surface area contributed by atoms with Crippen LogP contribution in [0.3, 0.4) is 0 Å². The highest BCUT2D eigenvalue weighted by atomic mass is 16.5. The van der Waals surface area contributed by atoms with Crippen molar-refractivity contribution < 1.29 is 9.84 Å². The van der Waals surface area contributed by atoms with E-state index in [1.807, 2.05) is 12.1 Å². The van der Waals surface area contributed by atoms with Crippen LogP contribution < -0.4 is 4.74 Å². The molecule has 0 aromatic heterocycles. The molecule has 16 heavy (non-hydrogen) atoms. The largest absolute Gasteiger partial charge is 0.497 e. The highest BCUT2D eigenvalue weighted by Crippen LogP contribution is 2.58. The normalized spacial score (nSPS) is 28.2. The molecule has 0 aliphatic heterocycles. The summed E-state index contributed by atoms with van der Waals surface area (Å²) in [6.07, 6.45) is 1.10. The Labute approximate surface area is 97.3 Å². The number of ether oxygens (including phenoxy) is 1. The molecule has 1 aromatic rings. The Bertz CT molecular complexity index is 356. The number of benzene rings is 1. The van der Waals surface area contributed by atoms with Gasteiger partial charge in [-0.3, -0.25) is 0 Å². The molecule has 1 saturated carbocycles. The van der Waals surface area contributed by atoms with Crippen molar-refractivity contribution in [3.05, 3.63) is 29.8 Å². The zero-order valence-corrected chi connectivity index (χ0v) is 10.2. The Morgan fingerprint density at radius 1 is 1.38 bits per heavy atom. The van der Waals surface area contributed by atoms with Crippen molar-refractivity contribution in [2.24, 2.45) is 11.8 Å². The van der Waals surface area contributed by atoms with Crippen molar-refractivity contribution in [2.75, 3.05) is 13.7 Å². The van der Waals surface area contributed by atoms with Crippen molar-refractivity contribution in [2.45, 2.75) is 25.7 Å². The van der Waals surface area contributed by atoms with E-state index in [-0.39, 0.29) is 5.41 Å². The van der Waals surface area contributed by atoms with Gasteiger partial charge < -0.3 is 9.84 Å². The molecule has 2 nitrogen and oxygen atoms in total. The highest BCUT2D eigenvalue weighted by molar-refractivity contribution is 5.38. The molecule has 1 fully saturated rings. The van der Waals surface area contributed by atoms with Crippen LogP contribution in [0.15, 0.2) is 24.3 Å². The maximum atomic E-state index is 9.33. The van der Waals surface area contributed by atoms with Gasteiger partial charge in [-0.05, 0) is 36.0 Å². The summed E-state index contributed by atoms with van der Waals surface area (Å²) < 4.78 is 5.17. The third-order valence-electron chi connectivity index (χ3n) is 4.03. The zero-order chi connectivity index (χ0) is 11.8. The molecule has 1 N–H and O–H groups in total. The minimum absolute atomic E-state index is 0.195. The van der Waals surface area contributed by atoms with Crippen molar-refractivity contribution in [3.8, 4) is 5.75 Å². The summed E-state index contributed by atoms with van der Waals surface area (Å²) in [4.78, 5) is 0. The maximum absolute atomic E-state index is 9.33. The van der Waals surface area contributed by atoms with Gasteiger partial charge in [0, 0.05) is 12.0 Å². The lowest BCUT2D eigenvalue weighted by Gasteiger charge is -2.22. The van der Waals surface area contributed by atoms with E-state index in [4.69, 9.17) is 4.74 Å². The van der Waals surface area contributed by atoms with Crippen LogP contribution in [-0.2, 0) is 5.41 Å². The summed E-state index contributed by atoms with van der Waals surface area (Å²) in [5, 5.41) is 9.33. The SMILES string of the molecule is COc1ccc(C2(C(C)C)CC2CO)cc1. The summed E-state index contributed by atoms with van der Waals surface area (Å²) in [6.45, 7) is 4.77. The first kappa shape index (κ1) is 11.5. The fourth-order valence-electron chi connectivity index (χ4n) is 2.87. The van der Waals surface area contributed by atoms with Gasteiger partial charge in [0.05, 0.1) is 7.11 Å². The van der Waals surface area contributed by atoms with Gasteiger partial charge in [0.2, 0.25) is 0 Å². The van der Waals surface area contributed by atoms with Crippen LogP contribution in [0.1, 0.15) is 25.8 Å². The third kappa shape index (κ3) is 1.61. The molecule has 2 heteroatoms. The van der Waals surface area contributed by atoms with Gasteiger partial charge in [-0.2, -0.15) is 0 Å². The molecule has 1 aliphatic rings. The molecule has 0 bridgehead atoms. The van der Waals surface area contributed by atoms with E-state index in [1.54, 1.807) is 7.11 Å². The fourth-order valence-corrected chi connectivity index (χ4v) is 2.87.